The Hall–Kier alpha value is -6.56. The average Bonchev–Trinajstić information content (AvgIpc) is 3.96. The second kappa shape index (κ2) is 14.7. The van der Waals surface area contributed by atoms with Crippen molar-refractivity contribution in [3.05, 3.63) is 89.6 Å². The van der Waals surface area contributed by atoms with Crippen molar-refractivity contribution in [2.24, 2.45) is 0 Å². The van der Waals surface area contributed by atoms with E-state index in [1.807, 2.05) is 15.8 Å². The third kappa shape index (κ3) is 6.71. The lowest BCUT2D eigenvalue weighted by Gasteiger charge is -2.38. The van der Waals surface area contributed by atoms with Crippen LogP contribution >= 0.6 is 0 Å². The maximum absolute atomic E-state index is 14.7. The molecule has 16 nitrogen and oxygen atoms in total. The van der Waals surface area contributed by atoms with Gasteiger partial charge in [-0.15, -0.1) is 0 Å². The fourth-order valence-electron chi connectivity index (χ4n) is 8.30. The van der Waals surface area contributed by atoms with Crippen LogP contribution in [0.5, 0.6) is 0 Å². The molecule has 1 unspecified atom stereocenters. The minimum absolute atomic E-state index is 0.0550. The molecule has 4 aliphatic heterocycles. The van der Waals surface area contributed by atoms with Crippen LogP contribution in [0.3, 0.4) is 0 Å². The van der Waals surface area contributed by atoms with Gasteiger partial charge in [-0.2, -0.15) is 5.10 Å². The number of carbonyl (C=O) groups excluding carboxylic acids is 5. The number of piperazine rings is 1. The summed E-state index contributed by atoms with van der Waals surface area (Å²) in [5.74, 6) is -2.95. The molecule has 2 aromatic carbocycles. The fourth-order valence-corrected chi connectivity index (χ4v) is 8.30. The first-order chi connectivity index (χ1) is 28.0. The Labute approximate surface area is 330 Å². The number of rotatable bonds is 8. The standard InChI is InChI=1S/C40H39F2N11O5/c1-23-16-29(31(42)18-30(23)41)33-20-44-36(37-43-8-11-51(33)37)46-24-19-45-52(21-24)25-6-9-48(10-7-25)22-35(55)50-14-12-49(13-15-50)26-2-3-27-28(17-26)40(58)53(39(27)57)32-4-5-34(54)47-38(32)56/h2-3,8,11,16-21,25,32H,4-7,9-10,12-15,22H2,1H3,(H,44,46)(H,47,54,56). The monoisotopic (exact) mass is 791 g/mol. The molecule has 0 saturated carbocycles. The van der Waals surface area contributed by atoms with Gasteiger partial charge in [-0.25, -0.2) is 18.7 Å². The molecule has 58 heavy (non-hydrogen) atoms. The van der Waals surface area contributed by atoms with Gasteiger partial charge in [-0.3, -0.25) is 48.2 Å². The van der Waals surface area contributed by atoms with Gasteiger partial charge in [-0.1, -0.05) is 0 Å². The van der Waals surface area contributed by atoms with Crippen LogP contribution in [0.2, 0.25) is 0 Å². The van der Waals surface area contributed by atoms with E-state index >= 15 is 0 Å². The lowest BCUT2D eigenvalue weighted by molar-refractivity contribution is -0.136. The van der Waals surface area contributed by atoms with E-state index < -0.39 is 41.3 Å². The number of aromatic nitrogens is 5. The number of carbonyl (C=O) groups is 5. The Balaban J connectivity index is 0.763. The van der Waals surface area contributed by atoms with Gasteiger partial charge < -0.3 is 15.1 Å². The highest BCUT2D eigenvalue weighted by molar-refractivity contribution is 6.23. The van der Waals surface area contributed by atoms with Crippen molar-refractivity contribution in [3.63, 3.8) is 0 Å². The van der Waals surface area contributed by atoms with Gasteiger partial charge in [0.15, 0.2) is 11.5 Å². The van der Waals surface area contributed by atoms with Crippen LogP contribution in [0, 0.1) is 18.6 Å². The van der Waals surface area contributed by atoms with Crippen molar-refractivity contribution < 1.29 is 32.8 Å². The van der Waals surface area contributed by atoms with Crippen LogP contribution < -0.4 is 15.5 Å². The molecule has 298 valence electrons. The topological polar surface area (TPSA) is 170 Å². The van der Waals surface area contributed by atoms with Gasteiger partial charge >= 0.3 is 0 Å². The van der Waals surface area contributed by atoms with E-state index in [2.05, 4.69) is 35.5 Å². The smallest absolute Gasteiger partial charge is 0.262 e. The normalized spacial score (nSPS) is 19.3. The summed E-state index contributed by atoms with van der Waals surface area (Å²) < 4.78 is 32.3. The average molecular weight is 792 g/mol. The van der Waals surface area contributed by atoms with E-state index in [-0.39, 0.29) is 41.5 Å². The molecular formula is C40H39F2N11O5. The molecule has 2 N–H and O–H groups in total. The van der Waals surface area contributed by atoms with E-state index in [0.717, 1.165) is 42.6 Å². The van der Waals surface area contributed by atoms with Crippen LogP contribution in [-0.4, -0.2) is 120 Å². The lowest BCUT2D eigenvalue weighted by Crippen LogP contribution is -2.54. The van der Waals surface area contributed by atoms with Gasteiger partial charge in [0.05, 0.1) is 47.5 Å². The number of fused-ring (bicyclic) bond motifs is 2. The first kappa shape index (κ1) is 37.0. The zero-order valence-corrected chi connectivity index (χ0v) is 31.5. The van der Waals surface area contributed by atoms with Gasteiger partial charge in [0.1, 0.15) is 17.7 Å². The summed E-state index contributed by atoms with van der Waals surface area (Å²) in [4.78, 5) is 79.8. The fraction of sp³-hybridized carbons (Fsp3) is 0.350. The summed E-state index contributed by atoms with van der Waals surface area (Å²) in [7, 11) is 0. The molecule has 3 saturated heterocycles. The maximum atomic E-state index is 14.7. The first-order valence-electron chi connectivity index (χ1n) is 19.2. The van der Waals surface area contributed by atoms with Crippen molar-refractivity contribution in [2.75, 3.05) is 56.0 Å². The zero-order valence-electron chi connectivity index (χ0n) is 31.5. The second-order valence-electron chi connectivity index (χ2n) is 15.1. The Morgan fingerprint density at radius 3 is 2.43 bits per heavy atom. The van der Waals surface area contributed by atoms with Crippen LogP contribution in [0.1, 0.15) is 58.0 Å². The Morgan fingerprint density at radius 1 is 0.879 bits per heavy atom. The number of amides is 5. The summed E-state index contributed by atoms with van der Waals surface area (Å²) in [6.45, 7) is 5.48. The number of hydrogen-bond donors (Lipinski definition) is 2. The highest BCUT2D eigenvalue weighted by Gasteiger charge is 2.45. The minimum atomic E-state index is -1.02. The zero-order chi connectivity index (χ0) is 40.2. The largest absolute Gasteiger partial charge is 0.368 e. The van der Waals surface area contributed by atoms with Crippen LogP contribution in [0.4, 0.5) is 26.0 Å². The Bertz CT molecular complexity index is 2500. The number of aryl methyl sites for hydroxylation is 1. The summed E-state index contributed by atoms with van der Waals surface area (Å²) in [6.07, 6.45) is 10.2. The number of imide groups is 2. The molecule has 7 heterocycles. The van der Waals surface area contributed by atoms with Crippen molar-refractivity contribution >= 4 is 52.4 Å². The van der Waals surface area contributed by atoms with E-state index in [1.54, 1.807) is 48.1 Å². The molecule has 0 radical (unpaired) electrons. The van der Waals surface area contributed by atoms with Crippen molar-refractivity contribution in [2.45, 2.75) is 44.7 Å². The number of nitrogens with one attached hydrogen (secondary N) is 2. The molecule has 5 aromatic rings. The molecule has 18 heteroatoms. The molecule has 0 spiro atoms. The SMILES string of the molecule is Cc1cc(-c2cnc(Nc3cnn(C4CCN(CC(=O)N5CCN(c6ccc7c(c6)C(=O)N(C6CCC(=O)NC6=O)C7=O)CC5)CC4)c3)c3nccn23)c(F)cc1F. The number of anilines is 3. The predicted molar refractivity (Wildman–Crippen MR) is 205 cm³/mol. The van der Waals surface area contributed by atoms with Crippen LogP contribution in [0.25, 0.3) is 16.9 Å². The third-order valence-corrected chi connectivity index (χ3v) is 11.5. The number of imidazole rings is 1. The molecule has 0 bridgehead atoms. The predicted octanol–water partition coefficient (Wildman–Crippen LogP) is 3.31. The molecule has 4 aliphatic rings. The van der Waals surface area contributed by atoms with Gasteiger partial charge in [0.2, 0.25) is 17.7 Å². The molecule has 9 rings (SSSR count). The van der Waals surface area contributed by atoms with E-state index in [1.165, 1.54) is 12.3 Å². The van der Waals surface area contributed by atoms with Gasteiger partial charge in [0.25, 0.3) is 11.8 Å². The number of nitrogens with zero attached hydrogens (tertiary/aromatic N) is 9. The molecule has 5 amide bonds. The Kier molecular flexibility index (Phi) is 9.42. The summed E-state index contributed by atoms with van der Waals surface area (Å²) in [5.41, 5.74) is 3.39. The number of benzene rings is 2. The highest BCUT2D eigenvalue weighted by atomic mass is 19.1. The quantitative estimate of drug-likeness (QED) is 0.221. The third-order valence-electron chi connectivity index (χ3n) is 11.5. The molecular weight excluding hydrogens is 753 g/mol. The minimum Gasteiger partial charge on any atom is -0.368 e. The second-order valence-corrected chi connectivity index (χ2v) is 15.1. The van der Waals surface area contributed by atoms with Crippen LogP contribution in [-0.2, 0) is 14.4 Å². The first-order valence-corrected chi connectivity index (χ1v) is 19.2. The summed E-state index contributed by atoms with van der Waals surface area (Å²) >= 11 is 0. The number of hydrogen-bond acceptors (Lipinski definition) is 11. The van der Waals surface area contributed by atoms with E-state index in [4.69, 9.17) is 0 Å². The van der Waals surface area contributed by atoms with Crippen molar-refractivity contribution in [1.29, 1.82) is 0 Å². The summed E-state index contributed by atoms with van der Waals surface area (Å²) in [6, 6.07) is 6.52. The van der Waals surface area contributed by atoms with Gasteiger partial charge in [0, 0.05) is 81.6 Å². The van der Waals surface area contributed by atoms with Crippen molar-refractivity contribution in [3.8, 4) is 11.3 Å². The maximum Gasteiger partial charge on any atom is 0.262 e. The highest BCUT2D eigenvalue weighted by Crippen LogP contribution is 2.32. The Morgan fingerprint density at radius 2 is 1.66 bits per heavy atom. The van der Waals surface area contributed by atoms with E-state index in [0.29, 0.717) is 61.1 Å². The molecule has 0 aliphatic carbocycles. The molecule has 3 fully saturated rings. The lowest BCUT2D eigenvalue weighted by atomic mass is 10.0. The number of halogens is 2. The van der Waals surface area contributed by atoms with E-state index in [9.17, 15) is 32.8 Å². The van der Waals surface area contributed by atoms with Crippen molar-refractivity contribution in [1.82, 2.24) is 44.2 Å². The molecule has 3 aromatic heterocycles. The molecule has 1 atom stereocenters. The van der Waals surface area contributed by atoms with Crippen LogP contribution in [0.15, 0.2) is 61.3 Å². The van der Waals surface area contributed by atoms with Gasteiger partial charge in [-0.05, 0) is 56.0 Å². The number of piperidine rings is 2. The number of likely N-dealkylation sites (tertiary alicyclic amines) is 1. The summed E-state index contributed by atoms with van der Waals surface area (Å²) in [5, 5.41) is 10.1.